The zero-order valence-electron chi connectivity index (χ0n) is 17.6. The molecule has 1 saturated carbocycles. The molecule has 0 unspecified atom stereocenters. The predicted octanol–water partition coefficient (Wildman–Crippen LogP) is 3.02. The zero-order chi connectivity index (χ0) is 21.8. The van der Waals surface area contributed by atoms with Gasteiger partial charge >= 0.3 is 5.97 Å². The van der Waals surface area contributed by atoms with Crippen LogP contribution < -0.4 is 4.74 Å². The molecule has 0 bridgehead atoms. The molecule has 166 valence electrons. The maximum atomic E-state index is 10.7. The van der Waals surface area contributed by atoms with Crippen molar-refractivity contribution in [2.24, 2.45) is 11.8 Å². The lowest BCUT2D eigenvalue weighted by Gasteiger charge is -2.19. The van der Waals surface area contributed by atoms with Crippen LogP contribution in [0.2, 0.25) is 0 Å². The van der Waals surface area contributed by atoms with Crippen molar-refractivity contribution in [3.63, 3.8) is 0 Å². The molecule has 3 N–H and O–H groups in total. The van der Waals surface area contributed by atoms with Gasteiger partial charge in [0.05, 0.1) is 18.8 Å². The van der Waals surface area contributed by atoms with Crippen molar-refractivity contribution < 1.29 is 29.6 Å². The van der Waals surface area contributed by atoms with Crippen LogP contribution in [0.5, 0.6) is 5.75 Å². The number of aliphatic hydroxyl groups excluding tert-OH is 3. The summed E-state index contributed by atoms with van der Waals surface area (Å²) in [6.07, 6.45) is 9.19. The van der Waals surface area contributed by atoms with E-state index in [0.717, 1.165) is 19.3 Å². The second kappa shape index (κ2) is 13.2. The van der Waals surface area contributed by atoms with Crippen molar-refractivity contribution in [1.29, 1.82) is 0 Å². The van der Waals surface area contributed by atoms with Crippen molar-refractivity contribution in [3.8, 4) is 5.75 Å². The summed E-state index contributed by atoms with van der Waals surface area (Å²) in [5, 5.41) is 30.8. The van der Waals surface area contributed by atoms with Crippen LogP contribution in [-0.2, 0) is 9.53 Å². The Labute approximate surface area is 178 Å². The largest absolute Gasteiger partial charge is 0.491 e. The average molecular weight is 419 g/mol. The number of carbonyl (C=O) groups is 1. The highest BCUT2D eigenvalue weighted by atomic mass is 16.5. The van der Waals surface area contributed by atoms with E-state index < -0.39 is 18.3 Å². The molecule has 0 radical (unpaired) electrons. The third-order valence-electron chi connectivity index (χ3n) is 5.28. The SMILES string of the molecule is CC(=O)OCCCCC=CC[C@@H]1[C@@H](C=C[C@@H](O)COc2ccccc2)[C@H](O)C[C@@H]1O. The van der Waals surface area contributed by atoms with Gasteiger partial charge in [0.15, 0.2) is 0 Å². The first kappa shape index (κ1) is 24.1. The van der Waals surface area contributed by atoms with Gasteiger partial charge in [-0.05, 0) is 43.7 Å². The van der Waals surface area contributed by atoms with Gasteiger partial charge in [-0.2, -0.15) is 0 Å². The van der Waals surface area contributed by atoms with Crippen molar-refractivity contribution in [2.75, 3.05) is 13.2 Å². The molecular formula is C24H34O6. The Morgan fingerprint density at radius 2 is 1.93 bits per heavy atom. The Hall–Kier alpha value is -2.15. The highest BCUT2D eigenvalue weighted by Crippen LogP contribution is 2.36. The Bertz CT molecular complexity index is 672. The van der Waals surface area contributed by atoms with Crippen LogP contribution in [0.15, 0.2) is 54.6 Å². The molecule has 6 nitrogen and oxygen atoms in total. The maximum Gasteiger partial charge on any atom is 0.302 e. The van der Waals surface area contributed by atoms with Crippen molar-refractivity contribution in [2.45, 2.75) is 57.3 Å². The first-order chi connectivity index (χ1) is 14.5. The van der Waals surface area contributed by atoms with Gasteiger partial charge in [0.2, 0.25) is 0 Å². The van der Waals surface area contributed by atoms with E-state index >= 15 is 0 Å². The molecule has 0 amide bonds. The molecule has 0 saturated heterocycles. The smallest absolute Gasteiger partial charge is 0.302 e. The van der Waals surface area contributed by atoms with E-state index in [9.17, 15) is 20.1 Å². The van der Waals surface area contributed by atoms with E-state index in [2.05, 4.69) is 6.08 Å². The normalized spacial score (nSPS) is 25.1. The van der Waals surface area contributed by atoms with E-state index in [1.165, 1.54) is 6.92 Å². The molecule has 30 heavy (non-hydrogen) atoms. The molecule has 2 rings (SSSR count). The Balaban J connectivity index is 1.75. The van der Waals surface area contributed by atoms with E-state index in [0.29, 0.717) is 25.2 Å². The fraction of sp³-hybridized carbons (Fsp3) is 0.542. The van der Waals surface area contributed by atoms with Gasteiger partial charge in [-0.15, -0.1) is 0 Å². The van der Waals surface area contributed by atoms with E-state index in [1.54, 1.807) is 12.2 Å². The Kier molecular flexibility index (Phi) is 10.6. The molecule has 0 aromatic heterocycles. The molecule has 1 aromatic rings. The third kappa shape index (κ3) is 8.69. The molecule has 6 heteroatoms. The highest BCUT2D eigenvalue weighted by molar-refractivity contribution is 5.65. The first-order valence-electron chi connectivity index (χ1n) is 10.7. The third-order valence-corrected chi connectivity index (χ3v) is 5.28. The maximum absolute atomic E-state index is 10.7. The lowest BCUT2D eigenvalue weighted by Crippen LogP contribution is -2.21. The summed E-state index contributed by atoms with van der Waals surface area (Å²) in [5.41, 5.74) is 0. The summed E-state index contributed by atoms with van der Waals surface area (Å²) < 4.78 is 10.4. The number of hydrogen-bond acceptors (Lipinski definition) is 6. The van der Waals surface area contributed by atoms with Crippen LogP contribution in [0, 0.1) is 11.8 Å². The predicted molar refractivity (Wildman–Crippen MR) is 115 cm³/mol. The Morgan fingerprint density at radius 3 is 2.67 bits per heavy atom. The van der Waals surface area contributed by atoms with Crippen LogP contribution in [0.3, 0.4) is 0 Å². The second-order valence-corrected chi connectivity index (χ2v) is 7.73. The number of para-hydroxylation sites is 1. The number of unbranched alkanes of at least 4 members (excludes halogenated alkanes) is 2. The van der Waals surface area contributed by atoms with Crippen LogP contribution in [0.4, 0.5) is 0 Å². The van der Waals surface area contributed by atoms with Gasteiger partial charge in [0.25, 0.3) is 0 Å². The highest BCUT2D eigenvalue weighted by Gasteiger charge is 2.39. The number of rotatable bonds is 12. The van der Waals surface area contributed by atoms with E-state index in [-0.39, 0.29) is 24.4 Å². The average Bonchev–Trinajstić information content (AvgIpc) is 2.99. The number of aliphatic hydroxyl groups is 3. The molecular weight excluding hydrogens is 384 g/mol. The standard InChI is InChI=1S/C24H34O6/c1-18(25)29-15-9-4-2-3-8-12-21-22(24(28)16-23(21)27)14-13-19(26)17-30-20-10-6-5-7-11-20/h3,5-8,10-11,13-14,19,21-24,26-28H,2,4,9,12,15-17H2,1H3/t19-,21-,22-,23+,24-/m1/s1. The number of benzene rings is 1. The quantitative estimate of drug-likeness (QED) is 0.274. The minimum absolute atomic E-state index is 0.0872. The summed E-state index contributed by atoms with van der Waals surface area (Å²) in [5.74, 6) is 0.142. The minimum atomic E-state index is -0.788. The summed E-state index contributed by atoms with van der Waals surface area (Å²) in [7, 11) is 0. The number of carbonyl (C=O) groups excluding carboxylic acids is 1. The first-order valence-corrected chi connectivity index (χ1v) is 10.7. The summed E-state index contributed by atoms with van der Waals surface area (Å²) in [6, 6.07) is 9.28. The van der Waals surface area contributed by atoms with Crippen LogP contribution >= 0.6 is 0 Å². The number of allylic oxidation sites excluding steroid dienone is 2. The molecule has 1 fully saturated rings. The van der Waals surface area contributed by atoms with Crippen LogP contribution in [0.1, 0.15) is 39.0 Å². The summed E-state index contributed by atoms with van der Waals surface area (Å²) >= 11 is 0. The van der Waals surface area contributed by atoms with Gasteiger partial charge in [-0.1, -0.05) is 42.5 Å². The van der Waals surface area contributed by atoms with Gasteiger partial charge in [0, 0.05) is 19.3 Å². The van der Waals surface area contributed by atoms with Crippen LogP contribution in [-0.4, -0.2) is 52.8 Å². The van der Waals surface area contributed by atoms with E-state index in [4.69, 9.17) is 9.47 Å². The molecule has 1 aromatic carbocycles. The molecule has 1 aliphatic carbocycles. The molecule has 0 heterocycles. The topological polar surface area (TPSA) is 96.2 Å². The number of hydrogen-bond donors (Lipinski definition) is 3. The summed E-state index contributed by atoms with van der Waals surface area (Å²) in [4.78, 5) is 10.7. The monoisotopic (exact) mass is 418 g/mol. The fourth-order valence-corrected chi connectivity index (χ4v) is 3.67. The van der Waals surface area contributed by atoms with Crippen molar-refractivity contribution in [3.05, 3.63) is 54.6 Å². The lowest BCUT2D eigenvalue weighted by molar-refractivity contribution is -0.141. The molecule has 0 aliphatic heterocycles. The minimum Gasteiger partial charge on any atom is -0.491 e. The van der Waals surface area contributed by atoms with Gasteiger partial charge < -0.3 is 24.8 Å². The summed E-state index contributed by atoms with van der Waals surface area (Å²) in [6.45, 7) is 1.98. The van der Waals surface area contributed by atoms with Gasteiger partial charge in [0.1, 0.15) is 18.5 Å². The van der Waals surface area contributed by atoms with Gasteiger partial charge in [-0.25, -0.2) is 0 Å². The van der Waals surface area contributed by atoms with E-state index in [1.807, 2.05) is 36.4 Å². The molecule has 1 aliphatic rings. The number of ether oxygens (including phenoxy) is 2. The Morgan fingerprint density at radius 1 is 1.17 bits per heavy atom. The second-order valence-electron chi connectivity index (χ2n) is 7.73. The molecule has 5 atom stereocenters. The van der Waals surface area contributed by atoms with Crippen molar-refractivity contribution in [1.82, 2.24) is 0 Å². The fourth-order valence-electron chi connectivity index (χ4n) is 3.67. The van der Waals surface area contributed by atoms with Crippen molar-refractivity contribution >= 4 is 5.97 Å². The molecule has 0 spiro atoms. The van der Waals surface area contributed by atoms with Gasteiger partial charge in [-0.3, -0.25) is 4.79 Å². The number of esters is 1. The lowest BCUT2D eigenvalue weighted by atomic mass is 9.89. The zero-order valence-corrected chi connectivity index (χ0v) is 17.6. The van der Waals surface area contributed by atoms with Crippen LogP contribution in [0.25, 0.3) is 0 Å².